The molecule has 69 heavy (non-hydrogen) atoms. The Balaban J connectivity index is 0.999. The van der Waals surface area contributed by atoms with E-state index in [1.54, 1.807) is 0 Å². The SMILES string of the molecule is c1ccc(C2(c3ccccc3)c3ccccc3N(c3cccc4c3sc3c5c(ccc34)C3(c4ccsc4-c4sccc43)c3ccc4c6c(ccc-5c36)CC4)c3cc4sc5ccccc5c4cc32)cc1. The third kappa shape index (κ3) is 4.49. The van der Waals surface area contributed by atoms with E-state index >= 15 is 0 Å². The molecule has 3 aliphatic carbocycles. The van der Waals surface area contributed by atoms with Crippen LogP contribution in [0.5, 0.6) is 0 Å². The van der Waals surface area contributed by atoms with Crippen LogP contribution in [0.1, 0.15) is 55.6 Å². The quantitative estimate of drug-likeness (QED) is 0.171. The van der Waals surface area contributed by atoms with Gasteiger partial charge in [0.15, 0.2) is 0 Å². The molecule has 13 aromatic rings. The van der Waals surface area contributed by atoms with Crippen molar-refractivity contribution in [3.05, 3.63) is 254 Å². The van der Waals surface area contributed by atoms with E-state index in [9.17, 15) is 0 Å². The van der Waals surface area contributed by atoms with Crippen LogP contribution in [0, 0.1) is 0 Å². The molecule has 0 bridgehead atoms. The van der Waals surface area contributed by atoms with Gasteiger partial charge in [-0.1, -0.05) is 146 Å². The van der Waals surface area contributed by atoms with Gasteiger partial charge in [0.25, 0.3) is 0 Å². The number of fused-ring (bicyclic) bond motifs is 18. The lowest BCUT2D eigenvalue weighted by atomic mass is 9.61. The molecule has 4 aliphatic rings. The zero-order chi connectivity index (χ0) is 44.7. The van der Waals surface area contributed by atoms with Gasteiger partial charge in [0.2, 0.25) is 0 Å². The summed E-state index contributed by atoms with van der Waals surface area (Å²) in [6.07, 6.45) is 2.23. The molecule has 1 aliphatic heterocycles. The number of hydrogen-bond donors (Lipinski definition) is 0. The summed E-state index contributed by atoms with van der Waals surface area (Å²) < 4.78 is 5.31. The van der Waals surface area contributed by atoms with E-state index in [1.807, 2.05) is 45.3 Å². The van der Waals surface area contributed by atoms with E-state index in [1.165, 1.54) is 145 Å². The first-order valence-electron chi connectivity index (χ1n) is 23.9. The predicted molar refractivity (Wildman–Crippen MR) is 296 cm³/mol. The second kappa shape index (κ2) is 13.3. The van der Waals surface area contributed by atoms with Gasteiger partial charge in [-0.3, -0.25) is 0 Å². The Morgan fingerprint density at radius 1 is 0.377 bits per heavy atom. The topological polar surface area (TPSA) is 3.24 Å². The molecular formula is C64H37NS4. The highest BCUT2D eigenvalue weighted by Gasteiger charge is 2.53. The van der Waals surface area contributed by atoms with Gasteiger partial charge in [-0.25, -0.2) is 0 Å². The minimum atomic E-state index is -0.584. The summed E-state index contributed by atoms with van der Waals surface area (Å²) in [6, 6.07) is 72.7. The monoisotopic (exact) mass is 947 g/mol. The first kappa shape index (κ1) is 37.8. The smallest absolute Gasteiger partial charge is 0.0743 e. The van der Waals surface area contributed by atoms with Gasteiger partial charge in [0.05, 0.1) is 32.6 Å². The zero-order valence-electron chi connectivity index (χ0n) is 37.0. The van der Waals surface area contributed by atoms with Crippen molar-refractivity contribution in [2.45, 2.75) is 23.7 Å². The van der Waals surface area contributed by atoms with Gasteiger partial charge in [-0.05, 0) is 138 Å². The van der Waals surface area contributed by atoms with Gasteiger partial charge in [-0.2, -0.15) is 0 Å². The number of rotatable bonds is 3. The molecule has 322 valence electrons. The molecule has 0 saturated carbocycles. The van der Waals surface area contributed by atoms with Crippen molar-refractivity contribution < 1.29 is 0 Å². The number of aryl methyl sites for hydroxylation is 2. The summed E-state index contributed by atoms with van der Waals surface area (Å²) in [7, 11) is 0. The van der Waals surface area contributed by atoms with Crippen molar-refractivity contribution >= 4 is 114 Å². The maximum absolute atomic E-state index is 2.63. The Morgan fingerprint density at radius 3 is 1.81 bits per heavy atom. The molecule has 9 aromatic carbocycles. The Morgan fingerprint density at radius 2 is 1.03 bits per heavy atom. The van der Waals surface area contributed by atoms with Crippen molar-refractivity contribution in [1.82, 2.24) is 0 Å². The molecule has 0 amide bonds. The van der Waals surface area contributed by atoms with Crippen molar-refractivity contribution in [3.8, 4) is 20.9 Å². The number of nitrogens with zero attached hydrogens (tertiary/aromatic N) is 1. The summed E-state index contributed by atoms with van der Waals surface area (Å²) in [5.74, 6) is 0. The molecule has 0 N–H and O–H groups in total. The number of thiophene rings is 4. The van der Waals surface area contributed by atoms with Crippen LogP contribution in [0.25, 0.3) is 72.0 Å². The van der Waals surface area contributed by atoms with Crippen LogP contribution in [0.15, 0.2) is 199 Å². The molecule has 1 spiro atoms. The Kier molecular flexibility index (Phi) is 7.32. The fourth-order valence-corrected chi connectivity index (χ4v) is 18.4. The summed E-state index contributed by atoms with van der Waals surface area (Å²) in [4.78, 5) is 5.51. The lowest BCUT2D eigenvalue weighted by molar-refractivity contribution is 0.733. The van der Waals surface area contributed by atoms with Gasteiger partial charge in [0, 0.05) is 51.0 Å². The van der Waals surface area contributed by atoms with Crippen LogP contribution >= 0.6 is 45.3 Å². The summed E-state index contributed by atoms with van der Waals surface area (Å²) >= 11 is 7.73. The molecule has 4 aromatic heterocycles. The standard InChI is InChI=1S/C64H37NS4/c1-3-12-38(13-4-1)63(39-14-5-2-6-15-39)45-18-8-9-19-51(45)65(53-35-55-44(34-50(53)63)40-16-7-10-21-54(40)68-55)52-20-11-17-41-42-27-29-47-58(60(42)69-59(41)52)43-26-24-36-22-23-37-25-28-46(57(43)56(36)37)64(47)48-30-32-66-61(48)62-49(64)31-33-67-62/h1-21,24-35H,22-23H2. The van der Waals surface area contributed by atoms with Crippen LogP contribution in [0.4, 0.5) is 17.1 Å². The average molecular weight is 948 g/mol. The molecular weight excluding hydrogens is 911 g/mol. The van der Waals surface area contributed by atoms with E-state index in [0.717, 1.165) is 12.8 Å². The summed E-state index contributed by atoms with van der Waals surface area (Å²) in [5.41, 5.74) is 19.4. The van der Waals surface area contributed by atoms with Crippen LogP contribution in [-0.4, -0.2) is 0 Å². The van der Waals surface area contributed by atoms with E-state index in [2.05, 4.69) is 204 Å². The molecule has 17 rings (SSSR count). The van der Waals surface area contributed by atoms with Crippen LogP contribution < -0.4 is 4.90 Å². The fraction of sp³-hybridized carbons (Fsp3) is 0.0625. The number of hydrogen-bond acceptors (Lipinski definition) is 5. The van der Waals surface area contributed by atoms with E-state index in [4.69, 9.17) is 0 Å². The third-order valence-corrected chi connectivity index (χ3v) is 20.8. The first-order chi connectivity index (χ1) is 34.2. The van der Waals surface area contributed by atoms with Gasteiger partial charge < -0.3 is 4.90 Å². The van der Waals surface area contributed by atoms with Crippen molar-refractivity contribution in [1.29, 1.82) is 0 Å². The van der Waals surface area contributed by atoms with E-state index < -0.39 is 5.41 Å². The van der Waals surface area contributed by atoms with Gasteiger partial charge in [-0.15, -0.1) is 45.3 Å². The van der Waals surface area contributed by atoms with Crippen LogP contribution in [0.3, 0.4) is 0 Å². The Labute approximate surface area is 414 Å². The average Bonchev–Trinajstić information content (AvgIpc) is 4.28. The maximum atomic E-state index is 2.63. The molecule has 0 fully saturated rings. The minimum absolute atomic E-state index is 0.376. The zero-order valence-corrected chi connectivity index (χ0v) is 40.3. The minimum Gasteiger partial charge on any atom is -0.308 e. The Bertz CT molecular complexity index is 4300. The van der Waals surface area contributed by atoms with E-state index in [0.29, 0.717) is 0 Å². The molecule has 0 radical (unpaired) electrons. The lowest BCUT2D eigenvalue weighted by Crippen LogP contribution is -2.37. The Hall–Kier alpha value is -7.12. The lowest BCUT2D eigenvalue weighted by Gasteiger charge is -2.46. The highest BCUT2D eigenvalue weighted by molar-refractivity contribution is 7.27. The highest BCUT2D eigenvalue weighted by Crippen LogP contribution is 2.67. The van der Waals surface area contributed by atoms with E-state index in [-0.39, 0.29) is 5.41 Å². The summed E-state index contributed by atoms with van der Waals surface area (Å²) in [5, 5.41) is 12.9. The molecule has 1 nitrogen and oxygen atoms in total. The molecule has 5 heterocycles. The third-order valence-electron chi connectivity index (χ3n) is 16.4. The first-order valence-corrected chi connectivity index (χ1v) is 27.3. The van der Waals surface area contributed by atoms with Crippen molar-refractivity contribution in [2.75, 3.05) is 4.90 Å². The predicted octanol–water partition coefficient (Wildman–Crippen LogP) is 18.3. The van der Waals surface area contributed by atoms with Crippen LogP contribution in [0.2, 0.25) is 0 Å². The van der Waals surface area contributed by atoms with Gasteiger partial charge >= 0.3 is 0 Å². The van der Waals surface area contributed by atoms with Crippen molar-refractivity contribution in [2.24, 2.45) is 0 Å². The maximum Gasteiger partial charge on any atom is 0.0743 e. The molecule has 5 heteroatoms. The second-order valence-electron chi connectivity index (χ2n) is 19.3. The highest BCUT2D eigenvalue weighted by atomic mass is 32.1. The fourth-order valence-electron chi connectivity index (χ4n) is 13.8. The van der Waals surface area contributed by atoms with Crippen LogP contribution in [-0.2, 0) is 23.7 Å². The van der Waals surface area contributed by atoms with Crippen molar-refractivity contribution in [3.63, 3.8) is 0 Å². The second-order valence-corrected chi connectivity index (χ2v) is 23.2. The summed E-state index contributed by atoms with van der Waals surface area (Å²) in [6.45, 7) is 0. The normalized spacial score (nSPS) is 15.3. The largest absolute Gasteiger partial charge is 0.308 e. The molecule has 0 unspecified atom stereocenters. The number of anilines is 3. The molecule has 0 saturated heterocycles. The number of benzene rings is 9. The number of para-hydroxylation sites is 1. The molecule has 0 atom stereocenters. The van der Waals surface area contributed by atoms with Gasteiger partial charge in [0.1, 0.15) is 0 Å².